The van der Waals surface area contributed by atoms with Crippen molar-refractivity contribution in [3.8, 4) is 0 Å². The number of nitrogens with one attached hydrogen (secondary N) is 1. The Hall–Kier alpha value is -0.450. The molecule has 1 aliphatic heterocycles. The van der Waals surface area contributed by atoms with Crippen molar-refractivity contribution >= 4 is 15.9 Å². The fourth-order valence-electron chi connectivity index (χ4n) is 3.99. The number of rotatable bonds is 3. The standard InChI is InChI=1S/C16H23BrN2O/c1-18-15(13-8-14(17)11-19-10-13)12-4-7-20-16(9-12)5-2-3-6-16/h8,10-12,15,18H,2-7,9H2,1H3. The van der Waals surface area contributed by atoms with E-state index in [9.17, 15) is 0 Å². The average Bonchev–Trinajstić information content (AvgIpc) is 2.88. The van der Waals surface area contributed by atoms with E-state index in [1.807, 2.05) is 12.4 Å². The fourth-order valence-corrected chi connectivity index (χ4v) is 4.37. The van der Waals surface area contributed by atoms with Gasteiger partial charge in [0.15, 0.2) is 0 Å². The third kappa shape index (κ3) is 2.92. The number of halogens is 1. The van der Waals surface area contributed by atoms with Crippen molar-refractivity contribution in [1.29, 1.82) is 0 Å². The van der Waals surface area contributed by atoms with Crippen molar-refractivity contribution in [2.75, 3.05) is 13.7 Å². The largest absolute Gasteiger partial charge is 0.375 e. The second-order valence-electron chi connectivity index (χ2n) is 6.19. The molecule has 0 aromatic carbocycles. The molecule has 3 nitrogen and oxygen atoms in total. The number of hydrogen-bond donors (Lipinski definition) is 1. The third-order valence-corrected chi connectivity index (χ3v) is 5.35. The molecule has 1 aromatic heterocycles. The highest BCUT2D eigenvalue weighted by molar-refractivity contribution is 9.10. The van der Waals surface area contributed by atoms with Crippen molar-refractivity contribution in [2.24, 2.45) is 5.92 Å². The smallest absolute Gasteiger partial charge is 0.0686 e. The molecular weight excluding hydrogens is 316 g/mol. The third-order valence-electron chi connectivity index (χ3n) is 4.91. The first-order valence-electron chi connectivity index (χ1n) is 7.64. The Morgan fingerprint density at radius 2 is 2.20 bits per heavy atom. The van der Waals surface area contributed by atoms with E-state index in [-0.39, 0.29) is 5.60 Å². The van der Waals surface area contributed by atoms with Crippen LogP contribution in [0.4, 0.5) is 0 Å². The van der Waals surface area contributed by atoms with Gasteiger partial charge in [-0.15, -0.1) is 0 Å². The SMILES string of the molecule is CNC(c1cncc(Br)c1)C1CCOC2(CCCC2)C1. The molecule has 2 fully saturated rings. The van der Waals surface area contributed by atoms with Crippen LogP contribution in [0.5, 0.6) is 0 Å². The number of aromatic nitrogens is 1. The molecule has 110 valence electrons. The molecule has 3 rings (SSSR count). The van der Waals surface area contributed by atoms with E-state index in [2.05, 4.69) is 39.3 Å². The maximum absolute atomic E-state index is 6.16. The molecule has 2 unspecified atom stereocenters. The first-order chi connectivity index (χ1) is 9.72. The van der Waals surface area contributed by atoms with Gasteiger partial charge in [-0.3, -0.25) is 4.98 Å². The Bertz CT molecular complexity index is 460. The van der Waals surface area contributed by atoms with E-state index in [0.29, 0.717) is 12.0 Å². The highest BCUT2D eigenvalue weighted by Gasteiger charge is 2.42. The summed E-state index contributed by atoms with van der Waals surface area (Å²) >= 11 is 3.53. The van der Waals surface area contributed by atoms with Crippen LogP contribution in [0.3, 0.4) is 0 Å². The first-order valence-corrected chi connectivity index (χ1v) is 8.43. The molecule has 2 aliphatic rings. The molecule has 20 heavy (non-hydrogen) atoms. The molecule has 2 heterocycles. The van der Waals surface area contributed by atoms with Gasteiger partial charge in [0.2, 0.25) is 0 Å². The Kier molecular flexibility index (Phi) is 4.43. The number of nitrogens with zero attached hydrogens (tertiary/aromatic N) is 1. The Morgan fingerprint density at radius 1 is 1.40 bits per heavy atom. The topological polar surface area (TPSA) is 34.2 Å². The summed E-state index contributed by atoms with van der Waals surface area (Å²) in [5.74, 6) is 0.642. The van der Waals surface area contributed by atoms with Crippen LogP contribution < -0.4 is 5.32 Å². The summed E-state index contributed by atoms with van der Waals surface area (Å²) in [6, 6.07) is 2.56. The predicted octanol–water partition coefficient (Wildman–Crippen LogP) is 3.84. The van der Waals surface area contributed by atoms with Gasteiger partial charge in [0, 0.05) is 29.5 Å². The van der Waals surface area contributed by atoms with E-state index in [1.54, 1.807) is 0 Å². The summed E-state index contributed by atoms with van der Waals surface area (Å²) < 4.78 is 7.21. The lowest BCUT2D eigenvalue weighted by atomic mass is 9.79. The molecule has 1 N–H and O–H groups in total. The van der Waals surface area contributed by atoms with Crippen LogP contribution in [-0.4, -0.2) is 24.2 Å². The van der Waals surface area contributed by atoms with Crippen molar-refractivity contribution in [3.63, 3.8) is 0 Å². The van der Waals surface area contributed by atoms with Crippen LogP contribution in [0.1, 0.15) is 50.1 Å². The van der Waals surface area contributed by atoms with Crippen LogP contribution in [0.15, 0.2) is 22.9 Å². The minimum atomic E-state index is 0.178. The van der Waals surface area contributed by atoms with E-state index < -0.39 is 0 Å². The van der Waals surface area contributed by atoms with Crippen molar-refractivity contribution in [2.45, 2.75) is 50.2 Å². The summed E-state index contributed by atoms with van der Waals surface area (Å²) in [7, 11) is 2.06. The Labute approximate surface area is 129 Å². The lowest BCUT2D eigenvalue weighted by Crippen LogP contribution is -2.41. The Balaban J connectivity index is 1.78. The van der Waals surface area contributed by atoms with Gasteiger partial charge < -0.3 is 10.1 Å². The summed E-state index contributed by atoms with van der Waals surface area (Å²) in [5, 5.41) is 3.51. The molecule has 1 aliphatic carbocycles. The van der Waals surface area contributed by atoms with Gasteiger partial charge in [-0.1, -0.05) is 12.8 Å². The molecule has 0 radical (unpaired) electrons. The summed E-state index contributed by atoms with van der Waals surface area (Å²) in [5.41, 5.74) is 1.46. The van der Waals surface area contributed by atoms with Crippen molar-refractivity contribution in [1.82, 2.24) is 10.3 Å². The molecule has 1 spiro atoms. The molecule has 1 saturated carbocycles. The van der Waals surface area contributed by atoms with Gasteiger partial charge in [-0.25, -0.2) is 0 Å². The van der Waals surface area contributed by atoms with Crippen LogP contribution in [-0.2, 0) is 4.74 Å². The molecule has 1 saturated heterocycles. The van der Waals surface area contributed by atoms with E-state index in [4.69, 9.17) is 4.74 Å². The molecule has 0 amide bonds. The van der Waals surface area contributed by atoms with E-state index in [0.717, 1.165) is 17.5 Å². The normalized spacial score (nSPS) is 26.8. The van der Waals surface area contributed by atoms with Gasteiger partial charge in [0.25, 0.3) is 0 Å². The molecule has 1 aromatic rings. The number of pyridine rings is 1. The van der Waals surface area contributed by atoms with Crippen LogP contribution in [0, 0.1) is 5.92 Å². The molecule has 2 atom stereocenters. The van der Waals surface area contributed by atoms with Gasteiger partial charge in [-0.2, -0.15) is 0 Å². The van der Waals surface area contributed by atoms with Gasteiger partial charge in [0.1, 0.15) is 0 Å². The minimum absolute atomic E-state index is 0.178. The second-order valence-corrected chi connectivity index (χ2v) is 7.11. The lowest BCUT2D eigenvalue weighted by Gasteiger charge is -2.41. The maximum Gasteiger partial charge on any atom is 0.0686 e. The van der Waals surface area contributed by atoms with Crippen LogP contribution >= 0.6 is 15.9 Å². The molecule has 0 bridgehead atoms. The highest BCUT2D eigenvalue weighted by Crippen LogP contribution is 2.45. The van der Waals surface area contributed by atoms with Crippen LogP contribution in [0.2, 0.25) is 0 Å². The quantitative estimate of drug-likeness (QED) is 0.908. The number of hydrogen-bond acceptors (Lipinski definition) is 3. The van der Waals surface area contributed by atoms with Gasteiger partial charge in [-0.05, 0) is 66.2 Å². The zero-order valence-corrected chi connectivity index (χ0v) is 13.7. The maximum atomic E-state index is 6.16. The van der Waals surface area contributed by atoms with E-state index >= 15 is 0 Å². The van der Waals surface area contributed by atoms with Crippen molar-refractivity contribution < 1.29 is 4.74 Å². The first kappa shape index (κ1) is 14.5. The van der Waals surface area contributed by atoms with E-state index in [1.165, 1.54) is 37.7 Å². The zero-order valence-electron chi connectivity index (χ0n) is 12.1. The summed E-state index contributed by atoms with van der Waals surface area (Å²) in [6.07, 6.45) is 11.3. The highest BCUT2D eigenvalue weighted by atomic mass is 79.9. The second kappa shape index (κ2) is 6.12. The summed E-state index contributed by atoms with van der Waals surface area (Å²) in [4.78, 5) is 4.32. The number of ether oxygens (including phenoxy) is 1. The zero-order chi connectivity index (χ0) is 14.0. The average molecular weight is 339 g/mol. The predicted molar refractivity (Wildman–Crippen MR) is 83.6 cm³/mol. The summed E-state index contributed by atoms with van der Waals surface area (Å²) in [6.45, 7) is 0.907. The van der Waals surface area contributed by atoms with Gasteiger partial charge >= 0.3 is 0 Å². The van der Waals surface area contributed by atoms with Gasteiger partial charge in [0.05, 0.1) is 5.60 Å². The monoisotopic (exact) mass is 338 g/mol. The fraction of sp³-hybridized carbons (Fsp3) is 0.688. The lowest BCUT2D eigenvalue weighted by molar-refractivity contribution is -0.0979. The minimum Gasteiger partial charge on any atom is -0.375 e. The van der Waals surface area contributed by atoms with Crippen LogP contribution in [0.25, 0.3) is 0 Å². The molecular formula is C16H23BrN2O. The molecule has 4 heteroatoms. The Morgan fingerprint density at radius 3 is 2.90 bits per heavy atom. The van der Waals surface area contributed by atoms with Crippen molar-refractivity contribution in [3.05, 3.63) is 28.5 Å².